The van der Waals surface area contributed by atoms with Crippen LogP contribution in [0.1, 0.15) is 45.1 Å². The van der Waals surface area contributed by atoms with Gasteiger partial charge in [-0.15, -0.1) is 0 Å². The molecule has 1 N–H and O–H groups in total. The fourth-order valence-electron chi connectivity index (χ4n) is 2.88. The Morgan fingerprint density at radius 1 is 1.23 bits per heavy atom. The lowest BCUT2D eigenvalue weighted by Gasteiger charge is -2.33. The average molecular weight is 309 g/mol. The van der Waals surface area contributed by atoms with Gasteiger partial charge in [0.2, 0.25) is 0 Å². The average Bonchev–Trinajstić information content (AvgIpc) is 2.46. The zero-order chi connectivity index (χ0) is 16.2. The van der Waals surface area contributed by atoms with Crippen molar-refractivity contribution in [3.8, 4) is 0 Å². The van der Waals surface area contributed by atoms with Gasteiger partial charge in [-0.25, -0.2) is 4.39 Å². The van der Waals surface area contributed by atoms with E-state index in [0.717, 1.165) is 25.9 Å². The van der Waals surface area contributed by atoms with Crippen molar-refractivity contribution in [2.24, 2.45) is 0 Å². The van der Waals surface area contributed by atoms with Crippen molar-refractivity contribution in [2.45, 2.75) is 51.2 Å². The van der Waals surface area contributed by atoms with Gasteiger partial charge in [0.05, 0.1) is 18.3 Å². The molecule has 1 fully saturated rings. The molecular weight excluding hydrogens is 281 g/mol. The smallest absolute Gasteiger partial charge is 0.123 e. The third-order valence-electron chi connectivity index (χ3n) is 4.11. The molecule has 0 saturated carbocycles. The van der Waals surface area contributed by atoms with Crippen LogP contribution in [0.5, 0.6) is 0 Å². The molecular formula is C18H28FNO2. The molecule has 22 heavy (non-hydrogen) atoms. The van der Waals surface area contributed by atoms with Crippen molar-refractivity contribution in [3.05, 3.63) is 35.6 Å². The molecule has 1 aromatic rings. The van der Waals surface area contributed by atoms with E-state index < -0.39 is 6.10 Å². The van der Waals surface area contributed by atoms with E-state index in [-0.39, 0.29) is 11.4 Å². The molecule has 1 aliphatic rings. The highest BCUT2D eigenvalue weighted by atomic mass is 19.1. The summed E-state index contributed by atoms with van der Waals surface area (Å²) >= 11 is 0. The zero-order valence-corrected chi connectivity index (χ0v) is 13.9. The van der Waals surface area contributed by atoms with Crippen molar-refractivity contribution in [1.29, 1.82) is 0 Å². The molecule has 0 aliphatic carbocycles. The molecule has 1 unspecified atom stereocenters. The van der Waals surface area contributed by atoms with Gasteiger partial charge in [0.15, 0.2) is 0 Å². The van der Waals surface area contributed by atoms with E-state index in [9.17, 15) is 9.50 Å². The lowest BCUT2D eigenvalue weighted by molar-refractivity contribution is -0.0573. The van der Waals surface area contributed by atoms with Crippen molar-refractivity contribution in [2.75, 3.05) is 26.2 Å². The molecule has 0 bridgehead atoms. The summed E-state index contributed by atoms with van der Waals surface area (Å²) in [7, 11) is 0. The maximum absolute atomic E-state index is 13.0. The van der Waals surface area contributed by atoms with Crippen LogP contribution in [0.2, 0.25) is 0 Å². The third-order valence-corrected chi connectivity index (χ3v) is 4.11. The molecule has 0 spiro atoms. The zero-order valence-electron chi connectivity index (χ0n) is 13.9. The molecule has 4 heteroatoms. The number of hydrogen-bond donors (Lipinski definition) is 1. The van der Waals surface area contributed by atoms with Gasteiger partial charge in [-0.3, -0.25) is 0 Å². The summed E-state index contributed by atoms with van der Waals surface area (Å²) in [5, 5.41) is 10.1. The first-order chi connectivity index (χ1) is 10.3. The Labute approximate surface area is 133 Å². The van der Waals surface area contributed by atoms with Gasteiger partial charge in [-0.2, -0.15) is 0 Å². The highest BCUT2D eigenvalue weighted by molar-refractivity contribution is 5.21. The predicted octanol–water partition coefficient (Wildman–Crippen LogP) is 3.18. The fourth-order valence-corrected chi connectivity index (χ4v) is 2.88. The number of halogens is 1. The molecule has 0 amide bonds. The highest BCUT2D eigenvalue weighted by Crippen LogP contribution is 2.28. The molecule has 0 radical (unpaired) electrons. The fraction of sp³-hybridized carbons (Fsp3) is 0.667. The summed E-state index contributed by atoms with van der Waals surface area (Å²) in [6, 6.07) is 6.86. The van der Waals surface area contributed by atoms with E-state index in [2.05, 4.69) is 4.90 Å². The Morgan fingerprint density at radius 3 is 2.36 bits per heavy atom. The first-order valence-electron chi connectivity index (χ1n) is 8.13. The van der Waals surface area contributed by atoms with Gasteiger partial charge in [0, 0.05) is 6.54 Å². The number of likely N-dealkylation sites (tertiary alicyclic amines) is 1. The van der Waals surface area contributed by atoms with Crippen LogP contribution < -0.4 is 0 Å². The predicted molar refractivity (Wildman–Crippen MR) is 86.5 cm³/mol. The number of rotatable bonds is 5. The molecule has 1 saturated heterocycles. The minimum absolute atomic E-state index is 0.178. The summed E-state index contributed by atoms with van der Waals surface area (Å²) in [5.74, 6) is 0.322. The van der Waals surface area contributed by atoms with Crippen LogP contribution >= 0.6 is 0 Å². The van der Waals surface area contributed by atoms with Crippen molar-refractivity contribution < 1.29 is 14.2 Å². The maximum atomic E-state index is 13.0. The van der Waals surface area contributed by atoms with Crippen LogP contribution in [0.4, 0.5) is 4.39 Å². The number of hydrogen-bond acceptors (Lipinski definition) is 3. The van der Waals surface area contributed by atoms with Gasteiger partial charge in [-0.05, 0) is 70.3 Å². The number of piperidine rings is 1. The lowest BCUT2D eigenvalue weighted by atomic mass is 9.89. The number of benzene rings is 1. The Balaban J connectivity index is 1.74. The Morgan fingerprint density at radius 2 is 1.82 bits per heavy atom. The SMILES string of the molecule is CC(C)(C)OCC(O)CN1CCC(c2ccc(F)cc2)CC1. The Bertz CT molecular complexity index is 447. The molecule has 1 aromatic carbocycles. The first kappa shape index (κ1) is 17.4. The van der Waals surface area contributed by atoms with E-state index in [1.54, 1.807) is 0 Å². The topological polar surface area (TPSA) is 32.7 Å². The van der Waals surface area contributed by atoms with E-state index >= 15 is 0 Å². The number of nitrogens with zero attached hydrogens (tertiary/aromatic N) is 1. The van der Waals surface area contributed by atoms with Crippen LogP contribution in [-0.4, -0.2) is 48.0 Å². The molecule has 1 heterocycles. The Hall–Kier alpha value is -0.970. The summed E-state index contributed by atoms with van der Waals surface area (Å²) < 4.78 is 18.6. The largest absolute Gasteiger partial charge is 0.389 e. The molecule has 2 rings (SSSR count). The summed E-state index contributed by atoms with van der Waals surface area (Å²) in [5.41, 5.74) is 1.01. The Kier molecular flexibility index (Phi) is 5.95. The van der Waals surface area contributed by atoms with Crippen molar-refractivity contribution in [1.82, 2.24) is 4.90 Å². The summed E-state index contributed by atoms with van der Waals surface area (Å²) in [6.07, 6.45) is 1.67. The minimum atomic E-state index is -0.443. The van der Waals surface area contributed by atoms with Gasteiger partial charge in [-0.1, -0.05) is 12.1 Å². The lowest BCUT2D eigenvalue weighted by Crippen LogP contribution is -2.40. The second kappa shape index (κ2) is 7.53. The second-order valence-electron chi connectivity index (χ2n) is 7.20. The minimum Gasteiger partial charge on any atom is -0.389 e. The van der Waals surface area contributed by atoms with Crippen LogP contribution in [0.25, 0.3) is 0 Å². The van der Waals surface area contributed by atoms with E-state index in [1.165, 1.54) is 17.7 Å². The summed E-state index contributed by atoms with van der Waals surface area (Å²) in [6.45, 7) is 8.95. The molecule has 0 aromatic heterocycles. The van der Waals surface area contributed by atoms with E-state index in [1.807, 2.05) is 32.9 Å². The third kappa shape index (κ3) is 5.67. The van der Waals surface area contributed by atoms with Crippen molar-refractivity contribution >= 4 is 0 Å². The maximum Gasteiger partial charge on any atom is 0.123 e. The van der Waals surface area contributed by atoms with Crippen LogP contribution in [0.3, 0.4) is 0 Å². The number of β-amino-alcohol motifs (C(OH)–C–C–N with tert-alkyl or cyclic N) is 1. The van der Waals surface area contributed by atoms with Crippen LogP contribution in [0.15, 0.2) is 24.3 Å². The molecule has 124 valence electrons. The summed E-state index contributed by atoms with van der Waals surface area (Å²) in [4.78, 5) is 2.29. The quantitative estimate of drug-likeness (QED) is 0.907. The number of aliphatic hydroxyl groups is 1. The van der Waals surface area contributed by atoms with Gasteiger partial charge in [0.1, 0.15) is 5.82 Å². The van der Waals surface area contributed by atoms with Crippen LogP contribution in [0, 0.1) is 5.82 Å². The number of aliphatic hydroxyl groups excluding tert-OH is 1. The molecule has 1 aliphatic heterocycles. The monoisotopic (exact) mass is 309 g/mol. The van der Waals surface area contributed by atoms with E-state index in [4.69, 9.17) is 4.74 Å². The van der Waals surface area contributed by atoms with Gasteiger partial charge < -0.3 is 14.7 Å². The normalized spacial score (nSPS) is 19.3. The first-order valence-corrected chi connectivity index (χ1v) is 8.13. The van der Waals surface area contributed by atoms with Crippen LogP contribution in [-0.2, 0) is 4.74 Å². The standard InChI is InChI=1S/C18H28FNO2/c1-18(2,3)22-13-17(21)12-20-10-8-15(9-11-20)14-4-6-16(19)7-5-14/h4-7,15,17,21H,8-13H2,1-3H3. The highest BCUT2D eigenvalue weighted by Gasteiger charge is 2.23. The molecule has 1 atom stereocenters. The molecule has 3 nitrogen and oxygen atoms in total. The van der Waals surface area contributed by atoms with E-state index in [0.29, 0.717) is 19.1 Å². The van der Waals surface area contributed by atoms with Gasteiger partial charge >= 0.3 is 0 Å². The second-order valence-corrected chi connectivity index (χ2v) is 7.20. The number of ether oxygens (including phenoxy) is 1. The van der Waals surface area contributed by atoms with Gasteiger partial charge in [0.25, 0.3) is 0 Å². The van der Waals surface area contributed by atoms with Crippen molar-refractivity contribution in [3.63, 3.8) is 0 Å².